The number of anilines is 1. The van der Waals surface area contributed by atoms with Gasteiger partial charge in [-0.1, -0.05) is 0 Å². The van der Waals surface area contributed by atoms with Crippen LogP contribution in [0.25, 0.3) is 11.0 Å². The van der Waals surface area contributed by atoms with Crippen LogP contribution < -0.4 is 15.4 Å². The van der Waals surface area contributed by atoms with E-state index in [1.54, 1.807) is 25.4 Å². The SMILES string of the molecule is COc1ccc2nccc(NC(=O)C3CNC3)c2n1. The summed E-state index contributed by atoms with van der Waals surface area (Å²) in [5, 5.41) is 5.98. The highest BCUT2D eigenvalue weighted by atomic mass is 16.5. The fourth-order valence-electron chi connectivity index (χ4n) is 1.93. The zero-order valence-corrected chi connectivity index (χ0v) is 10.5. The first kappa shape index (κ1) is 11.9. The van der Waals surface area contributed by atoms with Crippen LogP contribution in [-0.4, -0.2) is 36.1 Å². The Bertz CT molecular complexity index is 625. The molecule has 1 amide bonds. The monoisotopic (exact) mass is 258 g/mol. The number of pyridine rings is 2. The van der Waals surface area contributed by atoms with Crippen molar-refractivity contribution in [3.05, 3.63) is 24.4 Å². The third-order valence-electron chi connectivity index (χ3n) is 3.18. The largest absolute Gasteiger partial charge is 0.481 e. The molecular weight excluding hydrogens is 244 g/mol. The second kappa shape index (κ2) is 4.81. The van der Waals surface area contributed by atoms with Crippen molar-refractivity contribution in [1.29, 1.82) is 0 Å². The van der Waals surface area contributed by atoms with Gasteiger partial charge in [0, 0.05) is 25.4 Å². The molecule has 2 N–H and O–H groups in total. The van der Waals surface area contributed by atoms with Crippen molar-refractivity contribution in [1.82, 2.24) is 15.3 Å². The number of hydrogen-bond donors (Lipinski definition) is 2. The van der Waals surface area contributed by atoms with E-state index in [0.717, 1.165) is 18.6 Å². The molecule has 1 aliphatic heterocycles. The minimum absolute atomic E-state index is 0.0101. The summed E-state index contributed by atoms with van der Waals surface area (Å²) in [5.74, 6) is 0.547. The molecule has 0 aliphatic carbocycles. The first-order valence-corrected chi connectivity index (χ1v) is 6.09. The molecule has 2 aromatic heterocycles. The summed E-state index contributed by atoms with van der Waals surface area (Å²) in [6.45, 7) is 1.46. The van der Waals surface area contributed by atoms with Gasteiger partial charge in [-0.05, 0) is 12.1 Å². The normalized spacial score (nSPS) is 15.0. The average molecular weight is 258 g/mol. The van der Waals surface area contributed by atoms with Crippen LogP contribution in [0, 0.1) is 5.92 Å². The van der Waals surface area contributed by atoms with Crippen molar-refractivity contribution >= 4 is 22.6 Å². The van der Waals surface area contributed by atoms with Crippen LogP contribution in [0.5, 0.6) is 5.88 Å². The molecule has 0 spiro atoms. The molecular formula is C13H14N4O2. The lowest BCUT2D eigenvalue weighted by molar-refractivity contribution is -0.121. The third-order valence-corrected chi connectivity index (χ3v) is 3.18. The number of carbonyl (C=O) groups excluding carboxylic acids is 1. The van der Waals surface area contributed by atoms with Gasteiger partial charge < -0.3 is 15.4 Å². The molecule has 19 heavy (non-hydrogen) atoms. The Morgan fingerprint density at radius 2 is 2.26 bits per heavy atom. The Balaban J connectivity index is 1.95. The van der Waals surface area contributed by atoms with E-state index >= 15 is 0 Å². The Labute approximate surface area is 110 Å². The minimum Gasteiger partial charge on any atom is -0.481 e. The number of rotatable bonds is 3. The lowest BCUT2D eigenvalue weighted by Crippen LogP contribution is -2.48. The number of hydrogen-bond acceptors (Lipinski definition) is 5. The highest BCUT2D eigenvalue weighted by Gasteiger charge is 2.25. The molecule has 0 saturated carbocycles. The molecule has 2 aromatic rings. The Kier molecular flexibility index (Phi) is 3.00. The van der Waals surface area contributed by atoms with Gasteiger partial charge in [0.1, 0.15) is 5.52 Å². The summed E-state index contributed by atoms with van der Waals surface area (Å²) >= 11 is 0. The molecule has 3 rings (SSSR count). The molecule has 1 saturated heterocycles. The van der Waals surface area contributed by atoms with Crippen LogP contribution in [-0.2, 0) is 4.79 Å². The maximum absolute atomic E-state index is 12.0. The van der Waals surface area contributed by atoms with Crippen molar-refractivity contribution in [3.63, 3.8) is 0 Å². The molecule has 3 heterocycles. The van der Waals surface area contributed by atoms with E-state index in [9.17, 15) is 4.79 Å². The number of fused-ring (bicyclic) bond motifs is 1. The highest BCUT2D eigenvalue weighted by Crippen LogP contribution is 2.22. The summed E-state index contributed by atoms with van der Waals surface area (Å²) in [7, 11) is 1.56. The third kappa shape index (κ3) is 2.22. The van der Waals surface area contributed by atoms with Crippen LogP contribution in [0.3, 0.4) is 0 Å². The molecule has 1 fully saturated rings. The van der Waals surface area contributed by atoms with Crippen molar-refractivity contribution in [2.24, 2.45) is 5.92 Å². The zero-order chi connectivity index (χ0) is 13.2. The molecule has 0 unspecified atom stereocenters. The van der Waals surface area contributed by atoms with E-state index in [1.807, 2.05) is 6.07 Å². The van der Waals surface area contributed by atoms with E-state index in [1.165, 1.54) is 0 Å². The van der Waals surface area contributed by atoms with E-state index in [0.29, 0.717) is 17.1 Å². The summed E-state index contributed by atoms with van der Waals surface area (Å²) in [6.07, 6.45) is 1.66. The van der Waals surface area contributed by atoms with Gasteiger partial charge in [0.15, 0.2) is 0 Å². The Morgan fingerprint density at radius 1 is 1.42 bits per heavy atom. The second-order valence-corrected chi connectivity index (χ2v) is 4.42. The average Bonchev–Trinajstić information content (AvgIpc) is 2.36. The summed E-state index contributed by atoms with van der Waals surface area (Å²) in [4.78, 5) is 20.5. The lowest BCUT2D eigenvalue weighted by Gasteiger charge is -2.25. The van der Waals surface area contributed by atoms with Crippen LogP contribution in [0.1, 0.15) is 0 Å². The summed E-state index contributed by atoms with van der Waals surface area (Å²) < 4.78 is 5.10. The highest BCUT2D eigenvalue weighted by molar-refractivity contribution is 6.00. The maximum atomic E-state index is 12.0. The summed E-state index contributed by atoms with van der Waals surface area (Å²) in [5.41, 5.74) is 2.04. The van der Waals surface area contributed by atoms with E-state index in [4.69, 9.17) is 4.74 Å². The van der Waals surface area contributed by atoms with Crippen LogP contribution in [0.15, 0.2) is 24.4 Å². The molecule has 6 nitrogen and oxygen atoms in total. The molecule has 98 valence electrons. The van der Waals surface area contributed by atoms with Crippen molar-refractivity contribution in [3.8, 4) is 5.88 Å². The van der Waals surface area contributed by atoms with Crippen LogP contribution >= 0.6 is 0 Å². The van der Waals surface area contributed by atoms with Gasteiger partial charge in [-0.3, -0.25) is 9.78 Å². The first-order chi connectivity index (χ1) is 9.28. The lowest BCUT2D eigenvalue weighted by atomic mass is 10.0. The number of nitrogens with zero attached hydrogens (tertiary/aromatic N) is 2. The fraction of sp³-hybridized carbons (Fsp3) is 0.308. The predicted molar refractivity (Wildman–Crippen MR) is 71.1 cm³/mol. The van der Waals surface area contributed by atoms with E-state index < -0.39 is 0 Å². The van der Waals surface area contributed by atoms with E-state index in [-0.39, 0.29) is 11.8 Å². The van der Waals surface area contributed by atoms with Crippen LogP contribution in [0.4, 0.5) is 5.69 Å². The predicted octanol–water partition coefficient (Wildman–Crippen LogP) is 0.796. The number of nitrogens with one attached hydrogen (secondary N) is 2. The maximum Gasteiger partial charge on any atom is 0.230 e. The molecule has 0 radical (unpaired) electrons. The van der Waals surface area contributed by atoms with Gasteiger partial charge >= 0.3 is 0 Å². The number of methoxy groups -OCH3 is 1. The molecule has 0 aromatic carbocycles. The first-order valence-electron chi connectivity index (χ1n) is 6.09. The van der Waals surface area contributed by atoms with Gasteiger partial charge in [0.05, 0.1) is 24.2 Å². The smallest absolute Gasteiger partial charge is 0.230 e. The van der Waals surface area contributed by atoms with Gasteiger partial charge in [0.25, 0.3) is 0 Å². The van der Waals surface area contributed by atoms with Gasteiger partial charge in [-0.2, -0.15) is 0 Å². The fourth-order valence-corrected chi connectivity index (χ4v) is 1.93. The standard InChI is InChI=1S/C13H14N4O2/c1-19-11-3-2-9-12(17-11)10(4-5-15-9)16-13(18)8-6-14-7-8/h2-5,8,14H,6-7H2,1H3,(H,15,16,18). The minimum atomic E-state index is 0.0101. The van der Waals surface area contributed by atoms with Crippen molar-refractivity contribution in [2.45, 2.75) is 0 Å². The van der Waals surface area contributed by atoms with Crippen molar-refractivity contribution < 1.29 is 9.53 Å². The van der Waals surface area contributed by atoms with Crippen LogP contribution in [0.2, 0.25) is 0 Å². The van der Waals surface area contributed by atoms with Crippen molar-refractivity contribution in [2.75, 3.05) is 25.5 Å². The van der Waals surface area contributed by atoms with Gasteiger partial charge in [-0.15, -0.1) is 0 Å². The molecule has 1 aliphatic rings. The van der Waals surface area contributed by atoms with Gasteiger partial charge in [0.2, 0.25) is 11.8 Å². The quantitative estimate of drug-likeness (QED) is 0.851. The Hall–Kier alpha value is -2.21. The number of aromatic nitrogens is 2. The van der Waals surface area contributed by atoms with E-state index in [2.05, 4.69) is 20.6 Å². The summed E-state index contributed by atoms with van der Waals surface area (Å²) in [6, 6.07) is 5.32. The molecule has 6 heteroatoms. The molecule has 0 atom stereocenters. The number of carbonyl (C=O) groups is 1. The zero-order valence-electron chi connectivity index (χ0n) is 10.5. The Morgan fingerprint density at radius 3 is 2.95 bits per heavy atom. The molecule has 0 bridgehead atoms. The van der Waals surface area contributed by atoms with Gasteiger partial charge in [-0.25, -0.2) is 4.98 Å². The second-order valence-electron chi connectivity index (χ2n) is 4.42. The topological polar surface area (TPSA) is 76.1 Å². The number of amides is 1. The number of ether oxygens (including phenoxy) is 1.